The molecule has 1 saturated carbocycles. The Bertz CT molecular complexity index is 1420. The standard InChI is InChI=1S/C27H30FN7O/c1-17(2)33-13-27(14-33)15-34(16-27)23-8-7-20(10-22(23)28)31-26-30-12-19-9-18(11-29)25(36)35(24(19)32-26)21-5-3-4-6-21/h7-10,12,17,21H,3-6,13-16H2,1-2H3,(H,30,31,32). The van der Waals surface area contributed by atoms with Crippen LogP contribution in [-0.2, 0) is 0 Å². The maximum atomic E-state index is 15.1. The van der Waals surface area contributed by atoms with Crippen molar-refractivity contribution in [3.63, 3.8) is 0 Å². The van der Waals surface area contributed by atoms with Crippen molar-refractivity contribution in [1.29, 1.82) is 5.26 Å². The van der Waals surface area contributed by atoms with Crippen LogP contribution in [0.3, 0.4) is 0 Å². The third-order valence-corrected chi connectivity index (χ3v) is 7.99. The van der Waals surface area contributed by atoms with Crippen molar-refractivity contribution >= 4 is 28.4 Å². The Morgan fingerprint density at radius 2 is 1.92 bits per heavy atom. The number of anilines is 3. The van der Waals surface area contributed by atoms with Gasteiger partial charge in [0.25, 0.3) is 5.56 Å². The number of nitrogens with one attached hydrogen (secondary N) is 1. The van der Waals surface area contributed by atoms with Crippen molar-refractivity contribution in [2.24, 2.45) is 5.41 Å². The fourth-order valence-electron chi connectivity index (χ4n) is 6.05. The molecule has 0 atom stereocenters. The van der Waals surface area contributed by atoms with E-state index < -0.39 is 0 Å². The molecule has 2 aromatic heterocycles. The molecule has 3 fully saturated rings. The number of hydrogen-bond acceptors (Lipinski definition) is 7. The van der Waals surface area contributed by atoms with Gasteiger partial charge in [0, 0.05) is 60.9 Å². The molecule has 3 aliphatic rings. The van der Waals surface area contributed by atoms with Crippen LogP contribution in [0.4, 0.5) is 21.7 Å². The van der Waals surface area contributed by atoms with E-state index in [9.17, 15) is 10.1 Å². The first-order valence-electron chi connectivity index (χ1n) is 12.7. The number of halogens is 1. The number of fused-ring (bicyclic) bond motifs is 1. The molecule has 36 heavy (non-hydrogen) atoms. The van der Waals surface area contributed by atoms with Crippen molar-refractivity contribution in [2.75, 3.05) is 36.4 Å². The average molecular weight is 488 g/mol. The Hall–Kier alpha value is -3.51. The zero-order chi connectivity index (χ0) is 25.0. The molecule has 1 spiro atoms. The minimum atomic E-state index is -0.313. The van der Waals surface area contributed by atoms with Gasteiger partial charge in [-0.05, 0) is 51.0 Å². The van der Waals surface area contributed by atoms with E-state index in [1.165, 1.54) is 6.07 Å². The lowest BCUT2D eigenvalue weighted by Gasteiger charge is -2.62. The van der Waals surface area contributed by atoms with Crippen LogP contribution in [0.15, 0.2) is 35.3 Å². The van der Waals surface area contributed by atoms with Gasteiger partial charge in [-0.2, -0.15) is 10.2 Å². The summed E-state index contributed by atoms with van der Waals surface area (Å²) in [6.45, 7) is 8.37. The monoisotopic (exact) mass is 487 g/mol. The first kappa shape index (κ1) is 22.9. The molecule has 6 rings (SSSR count). The van der Waals surface area contributed by atoms with Gasteiger partial charge < -0.3 is 10.2 Å². The van der Waals surface area contributed by atoms with Gasteiger partial charge >= 0.3 is 0 Å². The van der Waals surface area contributed by atoms with E-state index in [4.69, 9.17) is 0 Å². The smallest absolute Gasteiger partial charge is 0.270 e. The van der Waals surface area contributed by atoms with Crippen LogP contribution in [0, 0.1) is 22.6 Å². The van der Waals surface area contributed by atoms with Gasteiger partial charge in [0.1, 0.15) is 23.1 Å². The topological polar surface area (TPSA) is 90.1 Å². The summed E-state index contributed by atoms with van der Waals surface area (Å²) >= 11 is 0. The van der Waals surface area contributed by atoms with Crippen LogP contribution in [-0.4, -0.2) is 51.7 Å². The number of rotatable bonds is 5. The van der Waals surface area contributed by atoms with Gasteiger partial charge in [0.15, 0.2) is 0 Å². The predicted molar refractivity (Wildman–Crippen MR) is 137 cm³/mol. The van der Waals surface area contributed by atoms with Crippen LogP contribution >= 0.6 is 0 Å². The summed E-state index contributed by atoms with van der Waals surface area (Å²) in [6, 6.07) is 9.24. The SMILES string of the molecule is CC(C)N1CC2(CN(c3ccc(Nc4ncc5cc(C#N)c(=O)n(C6CCCC6)c5n4)cc3F)C2)C1. The van der Waals surface area contributed by atoms with E-state index in [0.717, 1.165) is 51.9 Å². The molecule has 0 bridgehead atoms. The molecule has 186 valence electrons. The molecule has 4 heterocycles. The summed E-state index contributed by atoms with van der Waals surface area (Å²) in [6.07, 6.45) is 5.48. The van der Waals surface area contributed by atoms with Crippen LogP contribution < -0.4 is 15.8 Å². The Labute approximate surface area is 209 Å². The van der Waals surface area contributed by atoms with Crippen molar-refractivity contribution in [3.8, 4) is 6.07 Å². The number of nitriles is 1. The number of aromatic nitrogens is 3. The van der Waals surface area contributed by atoms with Crippen LogP contribution in [0.25, 0.3) is 11.0 Å². The maximum absolute atomic E-state index is 15.1. The molecular weight excluding hydrogens is 457 g/mol. The fraction of sp³-hybridized carbons (Fsp3) is 0.481. The second-order valence-electron chi connectivity index (χ2n) is 10.9. The molecule has 3 aromatic rings. The van der Waals surface area contributed by atoms with Crippen molar-refractivity contribution in [3.05, 3.63) is 52.2 Å². The number of pyridine rings is 1. The third-order valence-electron chi connectivity index (χ3n) is 7.99. The highest BCUT2D eigenvalue weighted by Gasteiger charge is 2.52. The number of hydrogen-bond donors (Lipinski definition) is 1. The van der Waals surface area contributed by atoms with E-state index in [1.54, 1.807) is 22.9 Å². The van der Waals surface area contributed by atoms with Gasteiger partial charge in [-0.1, -0.05) is 12.8 Å². The lowest BCUT2D eigenvalue weighted by atomic mass is 9.72. The first-order chi connectivity index (χ1) is 17.4. The lowest BCUT2D eigenvalue weighted by molar-refractivity contribution is -0.0413. The van der Waals surface area contributed by atoms with Crippen molar-refractivity contribution in [1.82, 2.24) is 19.4 Å². The van der Waals surface area contributed by atoms with Crippen LogP contribution in [0.1, 0.15) is 51.1 Å². The number of likely N-dealkylation sites (tertiary alicyclic amines) is 1. The highest BCUT2D eigenvalue weighted by atomic mass is 19.1. The molecule has 2 saturated heterocycles. The molecule has 1 N–H and O–H groups in total. The second kappa shape index (κ2) is 8.56. The van der Waals surface area contributed by atoms with Gasteiger partial charge in [-0.15, -0.1) is 0 Å². The molecule has 0 radical (unpaired) electrons. The minimum absolute atomic E-state index is 0.0240. The van der Waals surface area contributed by atoms with E-state index in [1.807, 2.05) is 12.1 Å². The zero-order valence-electron chi connectivity index (χ0n) is 20.7. The fourth-order valence-corrected chi connectivity index (χ4v) is 6.05. The van der Waals surface area contributed by atoms with Crippen molar-refractivity contribution in [2.45, 2.75) is 51.6 Å². The van der Waals surface area contributed by atoms with Crippen LogP contribution in [0.5, 0.6) is 0 Å². The lowest BCUT2D eigenvalue weighted by Crippen LogP contribution is -2.73. The van der Waals surface area contributed by atoms with E-state index >= 15 is 4.39 Å². The normalized spacial score (nSPS) is 19.5. The zero-order valence-corrected chi connectivity index (χ0v) is 20.7. The summed E-state index contributed by atoms with van der Waals surface area (Å²) < 4.78 is 16.7. The quantitative estimate of drug-likeness (QED) is 0.577. The summed E-state index contributed by atoms with van der Waals surface area (Å²) in [5.41, 5.74) is 1.77. The second-order valence-corrected chi connectivity index (χ2v) is 10.9. The third kappa shape index (κ3) is 3.80. The molecule has 9 heteroatoms. The molecule has 0 amide bonds. The van der Waals surface area contributed by atoms with E-state index in [2.05, 4.69) is 38.9 Å². The summed E-state index contributed by atoms with van der Waals surface area (Å²) in [4.78, 5) is 26.5. The Kier molecular flexibility index (Phi) is 5.45. The Morgan fingerprint density at radius 3 is 2.58 bits per heavy atom. The van der Waals surface area contributed by atoms with Crippen LogP contribution in [0.2, 0.25) is 0 Å². The molecular formula is C27H30FN7O. The molecule has 2 aliphatic heterocycles. The Morgan fingerprint density at radius 1 is 1.17 bits per heavy atom. The minimum Gasteiger partial charge on any atom is -0.368 e. The maximum Gasteiger partial charge on any atom is 0.270 e. The largest absolute Gasteiger partial charge is 0.368 e. The number of benzene rings is 1. The first-order valence-corrected chi connectivity index (χ1v) is 12.7. The highest BCUT2D eigenvalue weighted by Crippen LogP contribution is 2.43. The molecule has 1 aliphatic carbocycles. The summed E-state index contributed by atoms with van der Waals surface area (Å²) in [5.74, 6) is 0.00820. The average Bonchev–Trinajstić information content (AvgIpc) is 3.32. The Balaban J connectivity index is 1.22. The summed E-state index contributed by atoms with van der Waals surface area (Å²) in [5, 5.41) is 13.2. The molecule has 0 unspecified atom stereocenters. The highest BCUT2D eigenvalue weighted by molar-refractivity contribution is 5.77. The van der Waals surface area contributed by atoms with Crippen molar-refractivity contribution < 1.29 is 4.39 Å². The predicted octanol–water partition coefficient (Wildman–Crippen LogP) is 4.19. The molecule has 8 nitrogen and oxygen atoms in total. The molecule has 1 aromatic carbocycles. The summed E-state index contributed by atoms with van der Waals surface area (Å²) in [7, 11) is 0. The van der Waals surface area contributed by atoms with Gasteiger partial charge in [0.2, 0.25) is 5.95 Å². The van der Waals surface area contributed by atoms with E-state index in [0.29, 0.717) is 33.9 Å². The van der Waals surface area contributed by atoms with Gasteiger partial charge in [-0.25, -0.2) is 9.37 Å². The van der Waals surface area contributed by atoms with Gasteiger partial charge in [-0.3, -0.25) is 14.3 Å². The number of nitrogens with zero attached hydrogens (tertiary/aromatic N) is 6. The van der Waals surface area contributed by atoms with Gasteiger partial charge in [0.05, 0.1) is 5.69 Å². The van der Waals surface area contributed by atoms with E-state index in [-0.39, 0.29) is 28.9 Å².